The predicted molar refractivity (Wildman–Crippen MR) is 148 cm³/mol. The van der Waals surface area contributed by atoms with E-state index in [2.05, 4.69) is 5.32 Å². The minimum atomic E-state index is -3.88. The molecule has 0 heterocycles. The number of sulfonamides is 1. The summed E-state index contributed by atoms with van der Waals surface area (Å²) in [7, 11) is -2.42. The molecule has 0 fully saturated rings. The molecule has 0 aliphatic heterocycles. The van der Waals surface area contributed by atoms with Gasteiger partial charge in [-0.1, -0.05) is 80.6 Å². The molecule has 0 aliphatic rings. The number of likely N-dealkylation sites (N-methyl/N-ethyl adjacent to an activating group) is 1. The highest BCUT2D eigenvalue weighted by Crippen LogP contribution is 2.29. The average Bonchev–Trinajstić information content (AvgIpc) is 2.89. The molecule has 202 valence electrons. The first kappa shape index (κ1) is 28.8. The molecule has 1 N–H and O–H groups in total. The number of carbonyl (C=O) groups is 2. The number of amides is 2. The van der Waals surface area contributed by atoms with Gasteiger partial charge in [-0.05, 0) is 29.2 Å². The van der Waals surface area contributed by atoms with Gasteiger partial charge in [0.05, 0.1) is 11.9 Å². The molecular formula is C29H34FN3O4S. The fourth-order valence-corrected chi connectivity index (χ4v) is 5.20. The minimum Gasteiger partial charge on any atom is -0.357 e. The van der Waals surface area contributed by atoms with Gasteiger partial charge in [0.1, 0.15) is 18.4 Å². The van der Waals surface area contributed by atoms with E-state index in [0.717, 1.165) is 21.7 Å². The molecule has 7 nitrogen and oxygen atoms in total. The Hall–Kier alpha value is -3.72. The van der Waals surface area contributed by atoms with Gasteiger partial charge in [0.25, 0.3) is 0 Å². The first-order chi connectivity index (χ1) is 18.0. The molecule has 0 saturated heterocycles. The van der Waals surface area contributed by atoms with Crippen LogP contribution in [-0.4, -0.2) is 51.0 Å². The van der Waals surface area contributed by atoms with Gasteiger partial charge < -0.3 is 10.2 Å². The zero-order valence-corrected chi connectivity index (χ0v) is 22.9. The van der Waals surface area contributed by atoms with Crippen molar-refractivity contribution >= 4 is 27.5 Å². The fraction of sp³-hybridized carbons (Fsp3) is 0.310. The molecule has 3 aromatic rings. The molecule has 0 saturated carbocycles. The van der Waals surface area contributed by atoms with Gasteiger partial charge >= 0.3 is 0 Å². The van der Waals surface area contributed by atoms with Crippen molar-refractivity contribution < 1.29 is 22.4 Å². The summed E-state index contributed by atoms with van der Waals surface area (Å²) in [6, 6.07) is 21.2. The Bertz CT molecular complexity index is 1360. The van der Waals surface area contributed by atoms with Crippen LogP contribution in [0.3, 0.4) is 0 Å². The second kappa shape index (κ2) is 12.7. The summed E-state index contributed by atoms with van der Waals surface area (Å²) in [5.41, 5.74) is 2.18. The van der Waals surface area contributed by atoms with E-state index in [1.165, 1.54) is 18.0 Å². The van der Waals surface area contributed by atoms with Crippen LogP contribution in [0.25, 0.3) is 0 Å². The fourth-order valence-electron chi connectivity index (χ4n) is 4.33. The number of benzene rings is 3. The van der Waals surface area contributed by atoms with E-state index in [0.29, 0.717) is 5.69 Å². The smallest absolute Gasteiger partial charge is 0.244 e. The molecular weight excluding hydrogens is 505 g/mol. The van der Waals surface area contributed by atoms with E-state index in [1.54, 1.807) is 30.3 Å². The second-order valence-corrected chi connectivity index (χ2v) is 11.3. The number of nitrogens with zero attached hydrogens (tertiary/aromatic N) is 2. The van der Waals surface area contributed by atoms with Crippen molar-refractivity contribution in [1.82, 2.24) is 10.2 Å². The van der Waals surface area contributed by atoms with E-state index in [-0.39, 0.29) is 24.4 Å². The Balaban J connectivity index is 2.08. The quantitative estimate of drug-likeness (QED) is 0.398. The highest BCUT2D eigenvalue weighted by Gasteiger charge is 2.33. The lowest BCUT2D eigenvalue weighted by Crippen LogP contribution is -2.53. The summed E-state index contributed by atoms with van der Waals surface area (Å²) in [5, 5.41) is 2.60. The van der Waals surface area contributed by atoms with Crippen molar-refractivity contribution in [2.24, 2.45) is 0 Å². The van der Waals surface area contributed by atoms with Crippen molar-refractivity contribution in [3.8, 4) is 0 Å². The lowest BCUT2D eigenvalue weighted by atomic mass is 10.0. The maximum atomic E-state index is 14.7. The highest BCUT2D eigenvalue weighted by atomic mass is 32.2. The van der Waals surface area contributed by atoms with E-state index < -0.39 is 40.2 Å². The maximum absolute atomic E-state index is 14.7. The lowest BCUT2D eigenvalue weighted by Gasteiger charge is -2.34. The van der Waals surface area contributed by atoms with Crippen LogP contribution >= 0.6 is 0 Å². The van der Waals surface area contributed by atoms with Gasteiger partial charge in [0.15, 0.2) is 0 Å². The van der Waals surface area contributed by atoms with Crippen LogP contribution in [0.4, 0.5) is 10.1 Å². The highest BCUT2D eigenvalue weighted by molar-refractivity contribution is 7.92. The monoisotopic (exact) mass is 539 g/mol. The van der Waals surface area contributed by atoms with Crippen LogP contribution in [0.1, 0.15) is 36.5 Å². The maximum Gasteiger partial charge on any atom is 0.244 e. The van der Waals surface area contributed by atoms with E-state index >= 15 is 0 Å². The third kappa shape index (κ3) is 7.19. The summed E-state index contributed by atoms with van der Waals surface area (Å²) in [6.07, 6.45) is 1.21. The third-order valence-corrected chi connectivity index (χ3v) is 7.45. The number of rotatable bonds is 11. The van der Waals surface area contributed by atoms with Gasteiger partial charge in [-0.15, -0.1) is 0 Å². The van der Waals surface area contributed by atoms with Gasteiger partial charge in [-0.25, -0.2) is 12.8 Å². The summed E-state index contributed by atoms with van der Waals surface area (Å²) in [6.45, 7) is 3.12. The molecule has 1 unspecified atom stereocenters. The number of para-hydroxylation sites is 1. The van der Waals surface area contributed by atoms with Gasteiger partial charge in [0.2, 0.25) is 21.8 Å². The number of nitrogens with one attached hydrogen (secondary N) is 1. The number of hydrogen-bond donors (Lipinski definition) is 1. The third-order valence-electron chi connectivity index (χ3n) is 6.32. The molecule has 0 radical (unpaired) electrons. The molecule has 0 aromatic heterocycles. The van der Waals surface area contributed by atoms with Crippen LogP contribution < -0.4 is 9.62 Å². The molecule has 0 aliphatic carbocycles. The van der Waals surface area contributed by atoms with Crippen molar-refractivity contribution in [2.45, 2.75) is 38.8 Å². The van der Waals surface area contributed by atoms with E-state index in [1.807, 2.05) is 56.3 Å². The standard InChI is InChI=1S/C29H34FN3O4S/c1-21(2)24-15-9-11-17-26(24)33(38(4,36)37)20-28(34)32(19-23-14-8-10-16-25(23)30)27(29(35)31-3)18-22-12-6-5-7-13-22/h5-17,21,27H,18-20H2,1-4H3,(H,31,35). The lowest BCUT2D eigenvalue weighted by molar-refractivity contribution is -0.139. The molecule has 3 aromatic carbocycles. The number of anilines is 1. The molecule has 2 amide bonds. The zero-order valence-electron chi connectivity index (χ0n) is 22.1. The second-order valence-electron chi connectivity index (χ2n) is 9.42. The molecule has 38 heavy (non-hydrogen) atoms. The average molecular weight is 540 g/mol. The largest absolute Gasteiger partial charge is 0.357 e. The summed E-state index contributed by atoms with van der Waals surface area (Å²) >= 11 is 0. The molecule has 9 heteroatoms. The Morgan fingerprint density at radius 3 is 2.13 bits per heavy atom. The van der Waals surface area contributed by atoms with Crippen LogP contribution in [-0.2, 0) is 32.6 Å². The number of hydrogen-bond acceptors (Lipinski definition) is 4. The predicted octanol–water partition coefficient (Wildman–Crippen LogP) is 4.10. The number of carbonyl (C=O) groups excluding carboxylic acids is 2. The first-order valence-electron chi connectivity index (χ1n) is 12.4. The van der Waals surface area contributed by atoms with Crippen molar-refractivity contribution in [1.29, 1.82) is 0 Å². The topological polar surface area (TPSA) is 86.8 Å². The van der Waals surface area contributed by atoms with Gasteiger partial charge in [-0.2, -0.15) is 0 Å². The Morgan fingerprint density at radius 2 is 1.53 bits per heavy atom. The minimum absolute atomic E-state index is 0.00299. The van der Waals surface area contributed by atoms with Crippen LogP contribution in [0.2, 0.25) is 0 Å². The zero-order chi connectivity index (χ0) is 27.9. The summed E-state index contributed by atoms with van der Waals surface area (Å²) in [4.78, 5) is 28.3. The number of halogens is 1. The van der Waals surface area contributed by atoms with Crippen molar-refractivity contribution in [3.05, 3.63) is 101 Å². The Morgan fingerprint density at radius 1 is 0.921 bits per heavy atom. The molecule has 0 spiro atoms. The Kier molecular flexibility index (Phi) is 9.63. The summed E-state index contributed by atoms with van der Waals surface area (Å²) < 4.78 is 41.6. The summed E-state index contributed by atoms with van der Waals surface area (Å²) in [5.74, 6) is -1.59. The van der Waals surface area contributed by atoms with E-state index in [9.17, 15) is 22.4 Å². The van der Waals surface area contributed by atoms with Gasteiger partial charge in [-0.3, -0.25) is 13.9 Å². The normalized spacial score (nSPS) is 12.2. The van der Waals surface area contributed by atoms with Crippen LogP contribution in [0.15, 0.2) is 78.9 Å². The first-order valence-corrected chi connectivity index (χ1v) is 14.2. The van der Waals surface area contributed by atoms with Gasteiger partial charge in [0, 0.05) is 25.6 Å². The van der Waals surface area contributed by atoms with Crippen LogP contribution in [0, 0.1) is 5.82 Å². The van der Waals surface area contributed by atoms with Crippen LogP contribution in [0.5, 0.6) is 0 Å². The molecule has 0 bridgehead atoms. The van der Waals surface area contributed by atoms with Crippen molar-refractivity contribution in [2.75, 3.05) is 24.2 Å². The SMILES string of the molecule is CNC(=O)C(Cc1ccccc1)N(Cc1ccccc1F)C(=O)CN(c1ccccc1C(C)C)S(C)(=O)=O. The Labute approximate surface area is 224 Å². The van der Waals surface area contributed by atoms with Crippen molar-refractivity contribution in [3.63, 3.8) is 0 Å². The van der Waals surface area contributed by atoms with E-state index in [4.69, 9.17) is 0 Å². The molecule has 3 rings (SSSR count). The molecule has 1 atom stereocenters.